The lowest BCUT2D eigenvalue weighted by Gasteiger charge is -2.18. The molecule has 0 fully saturated rings. The van der Waals surface area contributed by atoms with Gasteiger partial charge in [0, 0.05) is 24.9 Å². The van der Waals surface area contributed by atoms with Crippen LogP contribution < -0.4 is 11.3 Å². The summed E-state index contributed by atoms with van der Waals surface area (Å²) >= 11 is 0. The lowest BCUT2D eigenvalue weighted by Crippen LogP contribution is -2.29. The average molecular weight is 334 g/mol. The maximum atomic E-state index is 12.3. The van der Waals surface area contributed by atoms with Crippen LogP contribution in [0.25, 0.3) is 11.1 Å². The van der Waals surface area contributed by atoms with Gasteiger partial charge >= 0.3 is 0 Å². The Kier molecular flexibility index (Phi) is 5.00. The number of primary amides is 1. The van der Waals surface area contributed by atoms with Gasteiger partial charge in [0.15, 0.2) is 9.84 Å². The Hall–Kier alpha value is -2.41. The molecule has 1 aromatic carbocycles. The van der Waals surface area contributed by atoms with Gasteiger partial charge in [-0.2, -0.15) is 0 Å². The third-order valence-electron chi connectivity index (χ3n) is 3.50. The van der Waals surface area contributed by atoms with E-state index in [0.29, 0.717) is 5.56 Å². The third-order valence-corrected chi connectivity index (χ3v) is 4.95. The number of carbonyl (C=O) groups excluding carboxylic acids is 1. The quantitative estimate of drug-likeness (QED) is 0.861. The van der Waals surface area contributed by atoms with E-state index in [1.807, 2.05) is 30.3 Å². The van der Waals surface area contributed by atoms with Gasteiger partial charge in [-0.05, 0) is 23.6 Å². The van der Waals surface area contributed by atoms with E-state index in [4.69, 9.17) is 5.73 Å². The SMILES string of the molecule is CS(=O)(=O)C(CCC(N)=O)n1ccc(-c2ccccc2)cc1=O. The molecular formula is C16H18N2O4S. The Balaban J connectivity index is 2.41. The Morgan fingerprint density at radius 3 is 2.35 bits per heavy atom. The average Bonchev–Trinajstić information content (AvgIpc) is 2.48. The lowest BCUT2D eigenvalue weighted by atomic mass is 10.1. The summed E-state index contributed by atoms with van der Waals surface area (Å²) in [6.45, 7) is 0. The van der Waals surface area contributed by atoms with Crippen LogP contribution in [-0.4, -0.2) is 25.1 Å². The highest BCUT2D eigenvalue weighted by molar-refractivity contribution is 7.90. The summed E-state index contributed by atoms with van der Waals surface area (Å²) in [6.07, 6.45) is 2.34. The molecule has 2 rings (SSSR count). The number of pyridine rings is 1. The first kappa shape index (κ1) is 17.0. The molecule has 0 aliphatic carbocycles. The number of nitrogens with zero attached hydrogens (tertiary/aromatic N) is 1. The standard InChI is InChI=1S/C16H18N2O4S/c1-23(21,22)16(8-7-14(17)19)18-10-9-13(11-15(18)20)12-5-3-2-4-6-12/h2-6,9-11,16H,7-8H2,1H3,(H2,17,19). The second-order valence-corrected chi connectivity index (χ2v) is 7.52. The van der Waals surface area contributed by atoms with Crippen LogP contribution in [0.4, 0.5) is 0 Å². The third kappa shape index (κ3) is 4.29. The van der Waals surface area contributed by atoms with E-state index in [9.17, 15) is 18.0 Å². The van der Waals surface area contributed by atoms with Gasteiger partial charge in [0.05, 0.1) is 0 Å². The molecule has 1 aromatic heterocycles. The van der Waals surface area contributed by atoms with Gasteiger partial charge in [-0.15, -0.1) is 0 Å². The highest BCUT2D eigenvalue weighted by atomic mass is 32.2. The fourth-order valence-electron chi connectivity index (χ4n) is 2.36. The van der Waals surface area contributed by atoms with Crippen LogP contribution in [0.5, 0.6) is 0 Å². The molecule has 0 saturated heterocycles. The first-order valence-electron chi connectivity index (χ1n) is 7.04. The zero-order chi connectivity index (χ0) is 17.0. The van der Waals surface area contributed by atoms with Crippen LogP contribution in [0.2, 0.25) is 0 Å². The maximum absolute atomic E-state index is 12.3. The number of carbonyl (C=O) groups is 1. The molecule has 0 bridgehead atoms. The molecule has 23 heavy (non-hydrogen) atoms. The number of sulfone groups is 1. The summed E-state index contributed by atoms with van der Waals surface area (Å²) in [5.74, 6) is -0.604. The second-order valence-electron chi connectivity index (χ2n) is 5.32. The van der Waals surface area contributed by atoms with Gasteiger partial charge < -0.3 is 5.73 Å². The summed E-state index contributed by atoms with van der Waals surface area (Å²) in [7, 11) is -3.56. The van der Waals surface area contributed by atoms with Crippen LogP contribution in [0, 0.1) is 0 Å². The molecule has 6 nitrogen and oxygen atoms in total. The van der Waals surface area contributed by atoms with Crippen LogP contribution in [0.15, 0.2) is 53.5 Å². The van der Waals surface area contributed by atoms with Crippen molar-refractivity contribution in [3.63, 3.8) is 0 Å². The van der Waals surface area contributed by atoms with E-state index in [0.717, 1.165) is 16.4 Å². The Morgan fingerprint density at radius 2 is 1.83 bits per heavy atom. The summed E-state index contributed by atoms with van der Waals surface area (Å²) < 4.78 is 25.0. The van der Waals surface area contributed by atoms with Gasteiger partial charge in [-0.1, -0.05) is 30.3 Å². The minimum Gasteiger partial charge on any atom is -0.370 e. The molecule has 0 aliphatic rings. The molecule has 1 amide bonds. The van der Waals surface area contributed by atoms with E-state index in [1.54, 1.807) is 6.07 Å². The predicted molar refractivity (Wildman–Crippen MR) is 88.4 cm³/mol. The fourth-order valence-corrected chi connectivity index (χ4v) is 3.50. The molecule has 1 unspecified atom stereocenters. The van der Waals surface area contributed by atoms with Gasteiger partial charge in [0.2, 0.25) is 5.91 Å². The smallest absolute Gasteiger partial charge is 0.252 e. The Bertz CT molecular complexity index is 857. The number of rotatable bonds is 6. The summed E-state index contributed by atoms with van der Waals surface area (Å²) in [5.41, 5.74) is 6.21. The monoisotopic (exact) mass is 334 g/mol. The molecule has 0 radical (unpaired) electrons. The predicted octanol–water partition coefficient (Wildman–Crippen LogP) is 1.32. The van der Waals surface area contributed by atoms with Gasteiger partial charge in [0.25, 0.3) is 5.56 Å². The van der Waals surface area contributed by atoms with Crippen molar-refractivity contribution in [2.45, 2.75) is 18.2 Å². The summed E-state index contributed by atoms with van der Waals surface area (Å²) in [5, 5.41) is -1.10. The number of hydrogen-bond donors (Lipinski definition) is 1. The van der Waals surface area contributed by atoms with E-state index in [-0.39, 0.29) is 12.8 Å². The molecule has 0 saturated carbocycles. The molecule has 122 valence electrons. The number of aromatic nitrogens is 1. The molecule has 2 aromatic rings. The van der Waals surface area contributed by atoms with Gasteiger partial charge in [-0.3, -0.25) is 14.2 Å². The van der Waals surface area contributed by atoms with Crippen LogP contribution in [0.3, 0.4) is 0 Å². The molecule has 1 heterocycles. The largest absolute Gasteiger partial charge is 0.370 e. The lowest BCUT2D eigenvalue weighted by molar-refractivity contribution is -0.118. The first-order valence-corrected chi connectivity index (χ1v) is 8.99. The van der Waals surface area contributed by atoms with Crippen LogP contribution in [0.1, 0.15) is 18.2 Å². The van der Waals surface area contributed by atoms with Crippen molar-refractivity contribution >= 4 is 15.7 Å². The molecule has 1 atom stereocenters. The normalized spacial score (nSPS) is 12.7. The van der Waals surface area contributed by atoms with Crippen molar-refractivity contribution in [1.82, 2.24) is 4.57 Å². The zero-order valence-electron chi connectivity index (χ0n) is 12.7. The fraction of sp³-hybridized carbons (Fsp3) is 0.250. The van der Waals surface area contributed by atoms with E-state index in [2.05, 4.69) is 0 Å². The highest BCUT2D eigenvalue weighted by Gasteiger charge is 2.24. The maximum Gasteiger partial charge on any atom is 0.252 e. The molecule has 0 aliphatic heterocycles. The minimum atomic E-state index is -3.56. The number of hydrogen-bond acceptors (Lipinski definition) is 4. The van der Waals surface area contributed by atoms with E-state index in [1.165, 1.54) is 12.3 Å². The Labute approximate surface area is 134 Å². The van der Waals surface area contributed by atoms with Crippen molar-refractivity contribution in [2.24, 2.45) is 5.73 Å². The highest BCUT2D eigenvalue weighted by Crippen LogP contribution is 2.21. The van der Waals surface area contributed by atoms with Gasteiger partial charge in [0.1, 0.15) is 5.37 Å². The molecular weight excluding hydrogens is 316 g/mol. The zero-order valence-corrected chi connectivity index (χ0v) is 13.5. The molecule has 0 spiro atoms. The molecule has 2 N–H and O–H groups in total. The van der Waals surface area contributed by atoms with Crippen LogP contribution >= 0.6 is 0 Å². The van der Waals surface area contributed by atoms with Crippen LogP contribution in [-0.2, 0) is 14.6 Å². The van der Waals surface area contributed by atoms with Crippen molar-refractivity contribution in [3.05, 3.63) is 59.0 Å². The van der Waals surface area contributed by atoms with E-state index < -0.39 is 26.7 Å². The summed E-state index contributed by atoms with van der Waals surface area (Å²) in [4.78, 5) is 23.3. The Morgan fingerprint density at radius 1 is 1.17 bits per heavy atom. The van der Waals surface area contributed by atoms with E-state index >= 15 is 0 Å². The molecule has 7 heteroatoms. The van der Waals surface area contributed by atoms with Crippen molar-refractivity contribution in [3.8, 4) is 11.1 Å². The topological polar surface area (TPSA) is 99.2 Å². The second kappa shape index (κ2) is 6.78. The minimum absolute atomic E-state index is 0.0290. The van der Waals surface area contributed by atoms with Crippen molar-refractivity contribution < 1.29 is 13.2 Å². The van der Waals surface area contributed by atoms with Crippen molar-refractivity contribution in [1.29, 1.82) is 0 Å². The van der Waals surface area contributed by atoms with Crippen molar-refractivity contribution in [2.75, 3.05) is 6.26 Å². The summed E-state index contributed by atoms with van der Waals surface area (Å²) in [6, 6.07) is 12.4. The van der Waals surface area contributed by atoms with Gasteiger partial charge in [-0.25, -0.2) is 8.42 Å². The number of nitrogens with two attached hydrogens (primary N) is 1. The number of amides is 1. The first-order chi connectivity index (χ1) is 10.8. The number of benzene rings is 1.